The number of carbonyl (C=O) groups is 1. The molecule has 0 radical (unpaired) electrons. The van der Waals surface area contributed by atoms with Gasteiger partial charge in [-0.05, 0) is 38.8 Å². The molecule has 170 valence electrons. The lowest BCUT2D eigenvalue weighted by Gasteiger charge is -2.26. The number of hydrogen-bond acceptors (Lipinski definition) is 7. The van der Waals surface area contributed by atoms with E-state index in [4.69, 9.17) is 14.2 Å². The van der Waals surface area contributed by atoms with Crippen molar-refractivity contribution in [1.29, 1.82) is 0 Å². The Kier molecular flexibility index (Phi) is 8.06. The van der Waals surface area contributed by atoms with Crippen molar-refractivity contribution in [3.63, 3.8) is 0 Å². The molecule has 0 bridgehead atoms. The third-order valence-corrected chi connectivity index (χ3v) is 6.25. The predicted octanol–water partition coefficient (Wildman–Crippen LogP) is 4.09. The summed E-state index contributed by atoms with van der Waals surface area (Å²) in [6.45, 7) is 3.91. The topological polar surface area (TPSA) is 87.5 Å². The zero-order valence-electron chi connectivity index (χ0n) is 18.9. The maximum absolute atomic E-state index is 12.2. The van der Waals surface area contributed by atoms with Gasteiger partial charge in [-0.15, -0.1) is 10.2 Å². The van der Waals surface area contributed by atoms with E-state index in [1.54, 1.807) is 21.3 Å². The second-order valence-electron chi connectivity index (χ2n) is 7.89. The summed E-state index contributed by atoms with van der Waals surface area (Å²) >= 11 is 1.42. The molecule has 1 saturated carbocycles. The average molecular weight is 449 g/mol. The van der Waals surface area contributed by atoms with Crippen molar-refractivity contribution in [3.8, 4) is 28.6 Å². The summed E-state index contributed by atoms with van der Waals surface area (Å²) in [7, 11) is 4.78. The van der Waals surface area contributed by atoms with E-state index in [1.807, 2.05) is 26.0 Å². The van der Waals surface area contributed by atoms with Crippen molar-refractivity contribution < 1.29 is 19.0 Å². The van der Waals surface area contributed by atoms with Gasteiger partial charge < -0.3 is 19.5 Å². The van der Waals surface area contributed by atoms with E-state index in [9.17, 15) is 4.79 Å². The van der Waals surface area contributed by atoms with E-state index in [0.29, 0.717) is 29.0 Å². The van der Waals surface area contributed by atoms with Crippen LogP contribution in [-0.2, 0) is 4.79 Å². The highest BCUT2D eigenvalue weighted by Gasteiger charge is 2.26. The molecule has 8 nitrogen and oxygen atoms in total. The number of rotatable bonds is 9. The lowest BCUT2D eigenvalue weighted by atomic mass is 9.95. The summed E-state index contributed by atoms with van der Waals surface area (Å²) in [5, 5.41) is 12.7. The van der Waals surface area contributed by atoms with Crippen LogP contribution in [0, 0.1) is 0 Å². The Labute approximate surface area is 188 Å². The van der Waals surface area contributed by atoms with Gasteiger partial charge in [-0.3, -0.25) is 9.36 Å². The Bertz CT molecular complexity index is 869. The Morgan fingerprint density at radius 2 is 1.74 bits per heavy atom. The molecule has 2 aromatic rings. The molecule has 0 spiro atoms. The number of hydrogen-bond donors (Lipinski definition) is 1. The van der Waals surface area contributed by atoms with Crippen molar-refractivity contribution in [1.82, 2.24) is 20.1 Å². The molecule has 9 heteroatoms. The molecule has 0 atom stereocenters. The number of aromatic nitrogens is 3. The zero-order valence-corrected chi connectivity index (χ0v) is 19.8. The summed E-state index contributed by atoms with van der Waals surface area (Å²) in [5.74, 6) is 2.72. The van der Waals surface area contributed by atoms with Gasteiger partial charge in [0.2, 0.25) is 11.7 Å². The van der Waals surface area contributed by atoms with Crippen molar-refractivity contribution in [2.24, 2.45) is 0 Å². The first-order chi connectivity index (χ1) is 15.0. The quantitative estimate of drug-likeness (QED) is 0.578. The number of carbonyl (C=O) groups excluding carboxylic acids is 1. The Morgan fingerprint density at radius 1 is 1.10 bits per heavy atom. The number of nitrogens with zero attached hydrogens (tertiary/aromatic N) is 3. The highest BCUT2D eigenvalue weighted by molar-refractivity contribution is 7.99. The van der Waals surface area contributed by atoms with Crippen LogP contribution in [0.2, 0.25) is 0 Å². The average Bonchev–Trinajstić information content (AvgIpc) is 3.20. The summed E-state index contributed by atoms with van der Waals surface area (Å²) in [6, 6.07) is 4.20. The standard InChI is InChI=1S/C22H32N4O4S/c1-14(2)23-19(27)13-31-22-25-24-21(26(22)16-9-7-6-8-10-16)15-11-17(28-3)20(30-5)18(12-15)29-4/h11-12,14,16H,6-10,13H2,1-5H3,(H,23,27). The second kappa shape index (κ2) is 10.7. The fraction of sp³-hybridized carbons (Fsp3) is 0.591. The van der Waals surface area contributed by atoms with Crippen LogP contribution in [-0.4, -0.2) is 53.8 Å². The van der Waals surface area contributed by atoms with Crippen LogP contribution in [0.3, 0.4) is 0 Å². The molecule has 31 heavy (non-hydrogen) atoms. The summed E-state index contributed by atoms with van der Waals surface area (Å²) < 4.78 is 18.7. The minimum atomic E-state index is -0.00692. The molecule has 1 aromatic carbocycles. The van der Waals surface area contributed by atoms with Crippen LogP contribution in [0.5, 0.6) is 17.2 Å². The highest BCUT2D eigenvalue weighted by atomic mass is 32.2. The van der Waals surface area contributed by atoms with Gasteiger partial charge in [0.05, 0.1) is 27.1 Å². The molecule has 0 unspecified atom stereocenters. The first kappa shape index (κ1) is 23.2. The monoisotopic (exact) mass is 448 g/mol. The van der Waals surface area contributed by atoms with E-state index in [1.165, 1.54) is 31.0 Å². The second-order valence-corrected chi connectivity index (χ2v) is 8.84. The van der Waals surface area contributed by atoms with Crippen molar-refractivity contribution in [3.05, 3.63) is 12.1 Å². The lowest BCUT2D eigenvalue weighted by Crippen LogP contribution is -2.31. The number of benzene rings is 1. The first-order valence-corrected chi connectivity index (χ1v) is 11.6. The van der Waals surface area contributed by atoms with Gasteiger partial charge in [0, 0.05) is 17.6 Å². The Balaban J connectivity index is 2.00. The van der Waals surface area contributed by atoms with Crippen molar-refractivity contribution in [2.45, 2.75) is 63.2 Å². The maximum atomic E-state index is 12.2. The molecule has 0 aliphatic heterocycles. The molecule has 1 aromatic heterocycles. The molecule has 1 aliphatic rings. The van der Waals surface area contributed by atoms with Crippen LogP contribution < -0.4 is 19.5 Å². The van der Waals surface area contributed by atoms with Gasteiger partial charge in [0.15, 0.2) is 22.5 Å². The molecule has 1 heterocycles. The Hall–Kier alpha value is -2.42. The molecule has 0 saturated heterocycles. The predicted molar refractivity (Wildman–Crippen MR) is 121 cm³/mol. The van der Waals surface area contributed by atoms with Crippen LogP contribution in [0.4, 0.5) is 0 Å². The van der Waals surface area contributed by atoms with E-state index in [2.05, 4.69) is 20.1 Å². The van der Waals surface area contributed by atoms with Gasteiger partial charge in [0.25, 0.3) is 0 Å². The summed E-state index contributed by atoms with van der Waals surface area (Å²) in [5.41, 5.74) is 0.839. The van der Waals surface area contributed by atoms with Crippen LogP contribution in [0.15, 0.2) is 17.3 Å². The number of nitrogens with one attached hydrogen (secondary N) is 1. The van der Waals surface area contributed by atoms with E-state index in [-0.39, 0.29) is 11.9 Å². The molecular formula is C22H32N4O4S. The van der Waals surface area contributed by atoms with E-state index >= 15 is 0 Å². The van der Waals surface area contributed by atoms with Crippen molar-refractivity contribution >= 4 is 17.7 Å². The third kappa shape index (κ3) is 5.44. The van der Waals surface area contributed by atoms with E-state index < -0.39 is 0 Å². The molecule has 1 aliphatic carbocycles. The van der Waals surface area contributed by atoms with Gasteiger partial charge in [-0.25, -0.2) is 0 Å². The minimum Gasteiger partial charge on any atom is -0.493 e. The number of thioether (sulfide) groups is 1. The van der Waals surface area contributed by atoms with Crippen LogP contribution in [0.25, 0.3) is 11.4 Å². The molecule has 1 fully saturated rings. The Morgan fingerprint density at radius 3 is 2.29 bits per heavy atom. The van der Waals surface area contributed by atoms with Crippen molar-refractivity contribution in [2.75, 3.05) is 27.1 Å². The lowest BCUT2D eigenvalue weighted by molar-refractivity contribution is -0.119. The number of methoxy groups -OCH3 is 3. The maximum Gasteiger partial charge on any atom is 0.230 e. The SMILES string of the molecule is COc1cc(-c2nnc(SCC(=O)NC(C)C)n2C2CCCCC2)cc(OC)c1OC. The largest absolute Gasteiger partial charge is 0.493 e. The summed E-state index contributed by atoms with van der Waals surface area (Å²) in [6.07, 6.45) is 5.74. The highest BCUT2D eigenvalue weighted by Crippen LogP contribution is 2.42. The normalized spacial score (nSPS) is 14.5. The van der Waals surface area contributed by atoms with Crippen LogP contribution in [0.1, 0.15) is 52.0 Å². The van der Waals surface area contributed by atoms with Gasteiger partial charge >= 0.3 is 0 Å². The summed E-state index contributed by atoms with van der Waals surface area (Å²) in [4.78, 5) is 12.2. The molecular weight excluding hydrogens is 416 g/mol. The smallest absolute Gasteiger partial charge is 0.230 e. The fourth-order valence-electron chi connectivity index (χ4n) is 3.94. The van der Waals surface area contributed by atoms with E-state index in [0.717, 1.165) is 29.4 Å². The third-order valence-electron chi connectivity index (χ3n) is 5.31. The minimum absolute atomic E-state index is 0.00692. The molecule has 1 amide bonds. The first-order valence-electron chi connectivity index (χ1n) is 10.7. The fourth-order valence-corrected chi connectivity index (χ4v) is 4.76. The van der Waals surface area contributed by atoms with Gasteiger partial charge in [-0.2, -0.15) is 0 Å². The number of amides is 1. The van der Waals surface area contributed by atoms with Gasteiger partial charge in [-0.1, -0.05) is 31.0 Å². The zero-order chi connectivity index (χ0) is 22.4. The number of ether oxygens (including phenoxy) is 3. The van der Waals surface area contributed by atoms with Gasteiger partial charge in [0.1, 0.15) is 0 Å². The molecule has 1 N–H and O–H groups in total. The van der Waals surface area contributed by atoms with Crippen LogP contribution >= 0.6 is 11.8 Å². The molecule has 3 rings (SSSR count).